The molecule has 1 amide bonds. The van der Waals surface area contributed by atoms with Crippen LogP contribution in [0.1, 0.15) is 31.1 Å². The van der Waals surface area contributed by atoms with Gasteiger partial charge in [-0.1, -0.05) is 11.6 Å². The van der Waals surface area contributed by atoms with Gasteiger partial charge in [-0.25, -0.2) is 4.79 Å². The predicted octanol–water partition coefficient (Wildman–Crippen LogP) is 3.09. The van der Waals surface area contributed by atoms with E-state index in [-0.39, 0.29) is 12.3 Å². The first-order valence-corrected chi connectivity index (χ1v) is 6.58. The highest BCUT2D eigenvalue weighted by Gasteiger charge is 2.17. The zero-order chi connectivity index (χ0) is 15.3. The Balaban J connectivity index is 2.78. The summed E-state index contributed by atoms with van der Waals surface area (Å²) in [6.45, 7) is 5.54. The maximum Gasteiger partial charge on any atom is 0.412 e. The molecule has 0 aliphatic carbocycles. The molecule has 0 aliphatic rings. The highest BCUT2D eigenvalue weighted by molar-refractivity contribution is 6.34. The molecule has 1 aromatic carbocycles. The molecule has 0 aliphatic heterocycles. The van der Waals surface area contributed by atoms with Gasteiger partial charge in [-0.05, 0) is 46.0 Å². The molecule has 2 N–H and O–H groups in total. The van der Waals surface area contributed by atoms with Crippen molar-refractivity contribution < 1.29 is 14.3 Å². The standard InChI is InChI=1S/C14H19ClN2O3/c1-14(2,3)20-13(19)17-9-5-6-10(11(15)7-9)12(18)8-16-4/h5-7,16H,8H2,1-4H3,(H,17,19). The second-order valence-electron chi connectivity index (χ2n) is 5.28. The van der Waals surface area contributed by atoms with Gasteiger partial charge in [0.2, 0.25) is 0 Å². The van der Waals surface area contributed by atoms with Crippen molar-refractivity contribution in [2.45, 2.75) is 26.4 Å². The van der Waals surface area contributed by atoms with Crippen LogP contribution in [0, 0.1) is 0 Å². The van der Waals surface area contributed by atoms with Gasteiger partial charge in [0.25, 0.3) is 0 Å². The molecule has 0 bridgehead atoms. The highest BCUT2D eigenvalue weighted by Crippen LogP contribution is 2.22. The third kappa shape index (κ3) is 5.19. The van der Waals surface area contributed by atoms with Crippen molar-refractivity contribution in [2.75, 3.05) is 18.9 Å². The number of anilines is 1. The molecule has 110 valence electrons. The van der Waals surface area contributed by atoms with Gasteiger partial charge < -0.3 is 10.1 Å². The molecule has 0 radical (unpaired) electrons. The number of benzene rings is 1. The summed E-state index contributed by atoms with van der Waals surface area (Å²) in [5.74, 6) is -0.110. The number of Topliss-reactive ketones (excluding diaryl/α,β-unsaturated/α-hetero) is 1. The number of hydrogen-bond acceptors (Lipinski definition) is 4. The van der Waals surface area contributed by atoms with Crippen molar-refractivity contribution in [3.8, 4) is 0 Å². The van der Waals surface area contributed by atoms with Crippen LogP contribution in [0.4, 0.5) is 10.5 Å². The van der Waals surface area contributed by atoms with Crippen LogP contribution in [0.2, 0.25) is 5.02 Å². The molecule has 6 heteroatoms. The normalized spacial score (nSPS) is 11.1. The molecule has 5 nitrogen and oxygen atoms in total. The van der Waals surface area contributed by atoms with E-state index in [1.165, 1.54) is 6.07 Å². The maximum absolute atomic E-state index is 11.7. The average molecular weight is 299 g/mol. The van der Waals surface area contributed by atoms with Gasteiger partial charge in [-0.2, -0.15) is 0 Å². The predicted molar refractivity (Wildman–Crippen MR) is 79.6 cm³/mol. The fourth-order valence-corrected chi connectivity index (χ4v) is 1.78. The Kier molecular flexibility index (Phi) is 5.53. The Morgan fingerprint density at radius 3 is 2.45 bits per heavy atom. The second kappa shape index (κ2) is 6.72. The number of amides is 1. The van der Waals surface area contributed by atoms with E-state index in [0.717, 1.165) is 0 Å². The molecule has 0 heterocycles. The number of halogens is 1. The summed E-state index contributed by atoms with van der Waals surface area (Å²) < 4.78 is 5.13. The monoisotopic (exact) mass is 298 g/mol. The summed E-state index contributed by atoms with van der Waals surface area (Å²) in [5, 5.41) is 5.62. The second-order valence-corrected chi connectivity index (χ2v) is 5.68. The first-order valence-electron chi connectivity index (χ1n) is 6.20. The number of nitrogens with one attached hydrogen (secondary N) is 2. The van der Waals surface area contributed by atoms with Crippen LogP contribution in [0.25, 0.3) is 0 Å². The van der Waals surface area contributed by atoms with Crippen LogP contribution < -0.4 is 10.6 Å². The van der Waals surface area contributed by atoms with Crippen LogP contribution in [-0.2, 0) is 4.74 Å². The molecular weight excluding hydrogens is 280 g/mol. The summed E-state index contributed by atoms with van der Waals surface area (Å²) >= 11 is 6.04. The van der Waals surface area contributed by atoms with Crippen molar-refractivity contribution in [3.05, 3.63) is 28.8 Å². The van der Waals surface area contributed by atoms with Crippen molar-refractivity contribution in [1.29, 1.82) is 0 Å². The van der Waals surface area contributed by atoms with Gasteiger partial charge in [-0.3, -0.25) is 10.1 Å². The molecule has 1 rings (SSSR count). The number of hydrogen-bond donors (Lipinski definition) is 2. The number of likely N-dealkylation sites (N-methyl/N-ethyl adjacent to an activating group) is 1. The van der Waals surface area contributed by atoms with Crippen LogP contribution in [0.15, 0.2) is 18.2 Å². The van der Waals surface area contributed by atoms with Crippen LogP contribution in [-0.4, -0.2) is 31.1 Å². The average Bonchev–Trinajstić information content (AvgIpc) is 2.26. The first kappa shape index (κ1) is 16.5. The first-order chi connectivity index (χ1) is 9.23. The largest absolute Gasteiger partial charge is 0.444 e. The van der Waals surface area contributed by atoms with Crippen molar-refractivity contribution >= 4 is 29.2 Å². The molecule has 0 saturated carbocycles. The van der Waals surface area contributed by atoms with Gasteiger partial charge in [-0.15, -0.1) is 0 Å². The van der Waals surface area contributed by atoms with E-state index >= 15 is 0 Å². The Morgan fingerprint density at radius 1 is 1.30 bits per heavy atom. The summed E-state index contributed by atoms with van der Waals surface area (Å²) in [6.07, 6.45) is -0.567. The Bertz CT molecular complexity index is 510. The topological polar surface area (TPSA) is 67.4 Å². The van der Waals surface area contributed by atoms with E-state index in [1.54, 1.807) is 40.0 Å². The van der Waals surface area contributed by atoms with Crippen LogP contribution in [0.3, 0.4) is 0 Å². The lowest BCUT2D eigenvalue weighted by Gasteiger charge is -2.19. The van der Waals surface area contributed by atoms with Crippen LogP contribution in [0.5, 0.6) is 0 Å². The van der Waals surface area contributed by atoms with Crippen molar-refractivity contribution in [3.63, 3.8) is 0 Å². The fraction of sp³-hybridized carbons (Fsp3) is 0.429. The van der Waals surface area contributed by atoms with Gasteiger partial charge in [0.15, 0.2) is 5.78 Å². The number of ether oxygens (including phenoxy) is 1. The quantitative estimate of drug-likeness (QED) is 0.838. The zero-order valence-corrected chi connectivity index (χ0v) is 12.8. The number of carbonyl (C=O) groups excluding carboxylic acids is 2. The third-order valence-corrected chi connectivity index (χ3v) is 2.56. The molecule has 0 fully saturated rings. The van der Waals surface area contributed by atoms with E-state index in [2.05, 4.69) is 10.6 Å². The van der Waals surface area contributed by atoms with E-state index in [9.17, 15) is 9.59 Å². The zero-order valence-electron chi connectivity index (χ0n) is 12.0. The van der Waals surface area contributed by atoms with Crippen molar-refractivity contribution in [2.24, 2.45) is 0 Å². The van der Waals surface area contributed by atoms with Gasteiger partial charge >= 0.3 is 6.09 Å². The molecule has 0 spiro atoms. The van der Waals surface area contributed by atoms with E-state index in [4.69, 9.17) is 16.3 Å². The lowest BCUT2D eigenvalue weighted by atomic mass is 10.1. The van der Waals surface area contributed by atoms with Crippen LogP contribution >= 0.6 is 11.6 Å². The van der Waals surface area contributed by atoms with Gasteiger partial charge in [0.1, 0.15) is 5.60 Å². The van der Waals surface area contributed by atoms with Crippen molar-refractivity contribution in [1.82, 2.24) is 5.32 Å². The Morgan fingerprint density at radius 2 is 1.95 bits per heavy atom. The summed E-state index contributed by atoms with van der Waals surface area (Å²) in [6, 6.07) is 4.71. The Labute approximate surface area is 123 Å². The summed E-state index contributed by atoms with van der Waals surface area (Å²) in [4.78, 5) is 23.3. The molecule has 0 saturated heterocycles. The summed E-state index contributed by atoms with van der Waals surface area (Å²) in [7, 11) is 1.68. The smallest absolute Gasteiger partial charge is 0.412 e. The summed E-state index contributed by atoms with van der Waals surface area (Å²) in [5.41, 5.74) is 0.317. The molecule has 0 atom stereocenters. The minimum absolute atomic E-state index is 0.110. The highest BCUT2D eigenvalue weighted by atomic mass is 35.5. The fourth-order valence-electron chi connectivity index (χ4n) is 1.50. The molecule has 1 aromatic rings. The molecule has 0 unspecified atom stereocenters. The third-order valence-electron chi connectivity index (χ3n) is 2.25. The molecule has 20 heavy (non-hydrogen) atoms. The minimum atomic E-state index is -0.573. The van der Waals surface area contributed by atoms with E-state index < -0.39 is 11.7 Å². The number of carbonyl (C=O) groups is 2. The van der Waals surface area contributed by atoms with E-state index in [1.807, 2.05) is 0 Å². The SMILES string of the molecule is CNCC(=O)c1ccc(NC(=O)OC(C)(C)C)cc1Cl. The Hall–Kier alpha value is -1.59. The van der Waals surface area contributed by atoms with Gasteiger partial charge in [0.05, 0.1) is 11.6 Å². The minimum Gasteiger partial charge on any atom is -0.444 e. The van der Waals surface area contributed by atoms with E-state index in [0.29, 0.717) is 16.3 Å². The maximum atomic E-state index is 11.7. The number of rotatable bonds is 4. The molecule has 0 aromatic heterocycles. The lowest BCUT2D eigenvalue weighted by molar-refractivity contribution is 0.0636. The lowest BCUT2D eigenvalue weighted by Crippen LogP contribution is -2.27. The van der Waals surface area contributed by atoms with Gasteiger partial charge in [0, 0.05) is 11.3 Å². The number of ketones is 1. The molecular formula is C14H19ClN2O3.